The fraction of sp³-hybridized carbons (Fsp3) is 1.00. The fourth-order valence-electron chi connectivity index (χ4n) is 1.20. The molecular formula is C6H13NO2S. The van der Waals surface area contributed by atoms with Crippen LogP contribution in [0.25, 0.3) is 0 Å². The van der Waals surface area contributed by atoms with Gasteiger partial charge in [-0.2, -0.15) is 0 Å². The standard InChI is InChI=1S/C6H13NO2S/c1-5-3-6(5,7)4-10(2,8)9/h5H,3-4,7H2,1-2H3. The van der Waals surface area contributed by atoms with E-state index >= 15 is 0 Å². The SMILES string of the molecule is CC1CC1(N)CS(C)(=O)=O. The van der Waals surface area contributed by atoms with Crippen molar-refractivity contribution in [2.45, 2.75) is 18.9 Å². The molecule has 4 heteroatoms. The maximum Gasteiger partial charge on any atom is 0.149 e. The van der Waals surface area contributed by atoms with E-state index in [1.54, 1.807) is 0 Å². The predicted molar refractivity (Wildman–Crippen MR) is 40.4 cm³/mol. The zero-order chi connectivity index (χ0) is 7.99. The van der Waals surface area contributed by atoms with Crippen LogP contribution in [0.3, 0.4) is 0 Å². The molecule has 0 aliphatic heterocycles. The highest BCUT2D eigenvalue weighted by atomic mass is 32.2. The Bertz CT molecular complexity index is 234. The van der Waals surface area contributed by atoms with Crippen molar-refractivity contribution in [3.8, 4) is 0 Å². The molecule has 0 saturated heterocycles. The van der Waals surface area contributed by atoms with Crippen molar-refractivity contribution >= 4 is 9.84 Å². The van der Waals surface area contributed by atoms with E-state index in [1.807, 2.05) is 6.92 Å². The van der Waals surface area contributed by atoms with Crippen molar-refractivity contribution in [2.75, 3.05) is 12.0 Å². The molecule has 0 bridgehead atoms. The second-order valence-electron chi connectivity index (χ2n) is 3.41. The van der Waals surface area contributed by atoms with E-state index in [1.165, 1.54) is 6.26 Å². The Morgan fingerprint density at radius 1 is 1.70 bits per heavy atom. The summed E-state index contributed by atoms with van der Waals surface area (Å²) in [6.45, 7) is 1.98. The molecule has 0 aromatic heterocycles. The molecule has 60 valence electrons. The Morgan fingerprint density at radius 2 is 2.10 bits per heavy atom. The highest BCUT2D eigenvalue weighted by Crippen LogP contribution is 2.41. The molecule has 0 amide bonds. The summed E-state index contributed by atoms with van der Waals surface area (Å²) in [6.07, 6.45) is 2.08. The van der Waals surface area contributed by atoms with Gasteiger partial charge in [0.2, 0.25) is 0 Å². The second-order valence-corrected chi connectivity index (χ2v) is 5.55. The summed E-state index contributed by atoms with van der Waals surface area (Å²) < 4.78 is 21.5. The third-order valence-electron chi connectivity index (χ3n) is 2.04. The van der Waals surface area contributed by atoms with Gasteiger partial charge < -0.3 is 5.73 Å². The van der Waals surface area contributed by atoms with Gasteiger partial charge in [-0.15, -0.1) is 0 Å². The van der Waals surface area contributed by atoms with Gasteiger partial charge in [-0.1, -0.05) is 6.92 Å². The second kappa shape index (κ2) is 1.95. The molecule has 0 radical (unpaired) electrons. The molecule has 2 atom stereocenters. The molecule has 0 spiro atoms. The molecule has 1 aliphatic carbocycles. The molecule has 0 heterocycles. The van der Waals surface area contributed by atoms with Crippen molar-refractivity contribution in [3.05, 3.63) is 0 Å². The molecule has 0 aromatic carbocycles. The lowest BCUT2D eigenvalue weighted by Gasteiger charge is -2.06. The quantitative estimate of drug-likeness (QED) is 0.611. The Morgan fingerprint density at radius 3 is 2.20 bits per heavy atom. The van der Waals surface area contributed by atoms with Crippen molar-refractivity contribution in [2.24, 2.45) is 11.7 Å². The predicted octanol–water partition coefficient (Wildman–Crippen LogP) is -0.232. The van der Waals surface area contributed by atoms with E-state index in [-0.39, 0.29) is 5.75 Å². The number of nitrogens with two attached hydrogens (primary N) is 1. The van der Waals surface area contributed by atoms with Crippen molar-refractivity contribution in [1.82, 2.24) is 0 Å². The van der Waals surface area contributed by atoms with E-state index in [0.29, 0.717) is 5.92 Å². The summed E-state index contributed by atoms with van der Waals surface area (Å²) in [4.78, 5) is 0. The lowest BCUT2D eigenvalue weighted by atomic mass is 10.3. The highest BCUT2D eigenvalue weighted by Gasteiger charge is 2.49. The largest absolute Gasteiger partial charge is 0.324 e. The van der Waals surface area contributed by atoms with Crippen molar-refractivity contribution in [3.63, 3.8) is 0 Å². The Balaban J connectivity index is 2.57. The minimum absolute atomic E-state index is 0.140. The summed E-state index contributed by atoms with van der Waals surface area (Å²) in [5.41, 5.74) is 5.30. The van der Waals surface area contributed by atoms with Crippen LogP contribution >= 0.6 is 0 Å². The summed E-state index contributed by atoms with van der Waals surface area (Å²) >= 11 is 0. The van der Waals surface area contributed by atoms with Gasteiger partial charge in [0, 0.05) is 11.8 Å². The van der Waals surface area contributed by atoms with Crippen LogP contribution in [0.4, 0.5) is 0 Å². The normalized spacial score (nSPS) is 39.7. The van der Waals surface area contributed by atoms with Crippen LogP contribution in [0.1, 0.15) is 13.3 Å². The third-order valence-corrected chi connectivity index (χ3v) is 3.10. The summed E-state index contributed by atoms with van der Waals surface area (Å²) in [5, 5.41) is 0. The lowest BCUT2D eigenvalue weighted by Crippen LogP contribution is -2.33. The smallest absolute Gasteiger partial charge is 0.149 e. The van der Waals surface area contributed by atoms with Crippen LogP contribution in [0.5, 0.6) is 0 Å². The first kappa shape index (κ1) is 8.01. The van der Waals surface area contributed by atoms with Crippen molar-refractivity contribution < 1.29 is 8.42 Å². The molecular weight excluding hydrogens is 150 g/mol. The van der Waals surface area contributed by atoms with Gasteiger partial charge in [-0.05, 0) is 12.3 Å². The van der Waals surface area contributed by atoms with Crippen LogP contribution in [0.15, 0.2) is 0 Å². The molecule has 0 aromatic rings. The van der Waals surface area contributed by atoms with Crippen LogP contribution in [-0.2, 0) is 9.84 Å². The first-order valence-corrected chi connectivity index (χ1v) is 5.36. The minimum atomic E-state index is -2.88. The van der Waals surface area contributed by atoms with E-state index in [0.717, 1.165) is 6.42 Å². The van der Waals surface area contributed by atoms with E-state index < -0.39 is 15.4 Å². The van der Waals surface area contributed by atoms with Gasteiger partial charge in [0.15, 0.2) is 0 Å². The van der Waals surface area contributed by atoms with Gasteiger partial charge in [0.05, 0.1) is 5.75 Å². The molecule has 10 heavy (non-hydrogen) atoms. The maximum absolute atomic E-state index is 10.8. The lowest BCUT2D eigenvalue weighted by molar-refractivity contribution is 0.584. The molecule has 2 N–H and O–H groups in total. The van der Waals surface area contributed by atoms with Crippen LogP contribution in [0.2, 0.25) is 0 Å². The Kier molecular flexibility index (Phi) is 1.56. The van der Waals surface area contributed by atoms with E-state index in [2.05, 4.69) is 0 Å². The van der Waals surface area contributed by atoms with Crippen LogP contribution < -0.4 is 5.73 Å². The summed E-state index contributed by atoms with van der Waals surface area (Å²) in [6, 6.07) is 0. The topological polar surface area (TPSA) is 60.2 Å². The maximum atomic E-state index is 10.8. The van der Waals surface area contributed by atoms with Gasteiger partial charge in [-0.3, -0.25) is 0 Å². The summed E-state index contributed by atoms with van der Waals surface area (Å²) in [5.74, 6) is 0.517. The number of hydrogen-bond acceptors (Lipinski definition) is 3. The number of rotatable bonds is 2. The third kappa shape index (κ3) is 1.70. The summed E-state index contributed by atoms with van der Waals surface area (Å²) in [7, 11) is -2.88. The Hall–Kier alpha value is -0.0900. The zero-order valence-electron chi connectivity index (χ0n) is 6.29. The molecule has 1 fully saturated rings. The molecule has 1 saturated carbocycles. The van der Waals surface area contributed by atoms with Gasteiger partial charge in [0.25, 0.3) is 0 Å². The average Bonchev–Trinajstić information content (AvgIpc) is 2.05. The first-order valence-electron chi connectivity index (χ1n) is 3.30. The van der Waals surface area contributed by atoms with Crippen molar-refractivity contribution in [1.29, 1.82) is 0 Å². The minimum Gasteiger partial charge on any atom is -0.324 e. The average molecular weight is 163 g/mol. The van der Waals surface area contributed by atoms with Crippen LogP contribution in [0, 0.1) is 5.92 Å². The molecule has 1 rings (SSSR count). The van der Waals surface area contributed by atoms with Gasteiger partial charge in [0.1, 0.15) is 9.84 Å². The molecule has 2 unspecified atom stereocenters. The molecule has 1 aliphatic rings. The number of hydrogen-bond donors (Lipinski definition) is 1. The highest BCUT2D eigenvalue weighted by molar-refractivity contribution is 7.90. The fourth-order valence-corrected chi connectivity index (χ4v) is 2.58. The van der Waals surface area contributed by atoms with E-state index in [9.17, 15) is 8.42 Å². The monoisotopic (exact) mass is 163 g/mol. The first-order chi connectivity index (χ1) is 4.33. The Labute approximate surface area is 61.5 Å². The van der Waals surface area contributed by atoms with Gasteiger partial charge in [-0.25, -0.2) is 8.42 Å². The van der Waals surface area contributed by atoms with Crippen LogP contribution in [-0.4, -0.2) is 26.0 Å². The molecule has 3 nitrogen and oxygen atoms in total. The van der Waals surface area contributed by atoms with Gasteiger partial charge >= 0.3 is 0 Å². The van der Waals surface area contributed by atoms with E-state index in [4.69, 9.17) is 5.73 Å². The number of sulfone groups is 1. The zero-order valence-corrected chi connectivity index (χ0v) is 7.11.